The van der Waals surface area contributed by atoms with Crippen LogP contribution in [0.1, 0.15) is 23.2 Å². The standard InChI is InChI=1S/C16H22N2O2.ClH/c1-2-10-20-15-8-4-3-7-14(15)16(19)18-12-13-6-5-9-17-11-13;/h2-4,7-8,13,17H,1,5-6,9-12H2,(H,18,19);1H. The number of hydrogen-bond acceptors (Lipinski definition) is 3. The molecule has 1 aliphatic rings. The molecular formula is C16H23ClN2O2. The van der Waals surface area contributed by atoms with Gasteiger partial charge in [0, 0.05) is 6.54 Å². The number of amides is 1. The summed E-state index contributed by atoms with van der Waals surface area (Å²) < 4.78 is 5.51. The molecule has 1 atom stereocenters. The molecular weight excluding hydrogens is 288 g/mol. The Balaban J connectivity index is 0.00000220. The van der Waals surface area contributed by atoms with E-state index in [9.17, 15) is 4.79 Å². The second-order valence-corrected chi connectivity index (χ2v) is 5.02. The van der Waals surface area contributed by atoms with E-state index in [2.05, 4.69) is 17.2 Å². The van der Waals surface area contributed by atoms with Gasteiger partial charge in [0.15, 0.2) is 0 Å². The van der Waals surface area contributed by atoms with E-state index in [1.54, 1.807) is 18.2 Å². The zero-order chi connectivity index (χ0) is 14.2. The molecule has 2 N–H and O–H groups in total. The number of hydrogen-bond donors (Lipinski definition) is 2. The highest BCUT2D eigenvalue weighted by Crippen LogP contribution is 2.18. The van der Waals surface area contributed by atoms with Crippen LogP contribution in [0.3, 0.4) is 0 Å². The first-order valence-electron chi connectivity index (χ1n) is 7.13. The van der Waals surface area contributed by atoms with Crippen molar-refractivity contribution in [1.82, 2.24) is 10.6 Å². The largest absolute Gasteiger partial charge is 0.489 e. The fourth-order valence-electron chi connectivity index (χ4n) is 2.36. The van der Waals surface area contributed by atoms with Crippen molar-refractivity contribution in [2.24, 2.45) is 5.92 Å². The predicted molar refractivity (Wildman–Crippen MR) is 87.3 cm³/mol. The van der Waals surface area contributed by atoms with Crippen molar-refractivity contribution >= 4 is 18.3 Å². The SMILES string of the molecule is C=CCOc1ccccc1C(=O)NCC1CCCNC1.Cl. The molecule has 0 radical (unpaired) electrons. The molecule has 2 rings (SSSR count). The molecule has 0 aliphatic carbocycles. The highest BCUT2D eigenvalue weighted by Gasteiger charge is 2.16. The molecule has 0 spiro atoms. The molecule has 5 heteroatoms. The third-order valence-electron chi connectivity index (χ3n) is 3.44. The van der Waals surface area contributed by atoms with E-state index < -0.39 is 0 Å². The van der Waals surface area contributed by atoms with Gasteiger partial charge >= 0.3 is 0 Å². The van der Waals surface area contributed by atoms with Crippen molar-refractivity contribution in [2.45, 2.75) is 12.8 Å². The van der Waals surface area contributed by atoms with Gasteiger partial charge in [0.1, 0.15) is 12.4 Å². The lowest BCUT2D eigenvalue weighted by Gasteiger charge is -2.23. The fourth-order valence-corrected chi connectivity index (χ4v) is 2.36. The number of carbonyl (C=O) groups is 1. The van der Waals surface area contributed by atoms with Gasteiger partial charge in [-0.2, -0.15) is 0 Å². The number of rotatable bonds is 6. The third kappa shape index (κ3) is 5.40. The molecule has 21 heavy (non-hydrogen) atoms. The average Bonchev–Trinajstić information content (AvgIpc) is 2.52. The van der Waals surface area contributed by atoms with E-state index in [0.29, 0.717) is 30.4 Å². The molecule has 1 amide bonds. The zero-order valence-corrected chi connectivity index (χ0v) is 13.0. The maximum absolute atomic E-state index is 12.2. The lowest BCUT2D eigenvalue weighted by molar-refractivity contribution is 0.0941. The van der Waals surface area contributed by atoms with Crippen LogP contribution in [-0.2, 0) is 0 Å². The summed E-state index contributed by atoms with van der Waals surface area (Å²) in [6.07, 6.45) is 4.02. The van der Waals surface area contributed by atoms with E-state index in [4.69, 9.17) is 4.74 Å². The summed E-state index contributed by atoms with van der Waals surface area (Å²) in [7, 11) is 0. The molecule has 1 fully saturated rings. The lowest BCUT2D eigenvalue weighted by atomic mass is 9.99. The summed E-state index contributed by atoms with van der Waals surface area (Å²) in [6, 6.07) is 7.30. The smallest absolute Gasteiger partial charge is 0.255 e. The molecule has 1 saturated heterocycles. The summed E-state index contributed by atoms with van der Waals surface area (Å²) in [5, 5.41) is 6.35. The summed E-state index contributed by atoms with van der Waals surface area (Å²) in [5.41, 5.74) is 0.582. The number of ether oxygens (including phenoxy) is 1. The molecule has 1 unspecified atom stereocenters. The number of piperidine rings is 1. The number of benzene rings is 1. The third-order valence-corrected chi connectivity index (χ3v) is 3.44. The van der Waals surface area contributed by atoms with Gasteiger partial charge < -0.3 is 15.4 Å². The molecule has 0 saturated carbocycles. The molecule has 0 bridgehead atoms. The Morgan fingerprint density at radius 1 is 1.48 bits per heavy atom. The minimum Gasteiger partial charge on any atom is -0.489 e. The molecule has 1 heterocycles. The van der Waals surface area contributed by atoms with Crippen molar-refractivity contribution in [3.05, 3.63) is 42.5 Å². The van der Waals surface area contributed by atoms with Crippen molar-refractivity contribution in [2.75, 3.05) is 26.2 Å². The molecule has 0 aromatic heterocycles. The van der Waals surface area contributed by atoms with Gasteiger partial charge in [-0.1, -0.05) is 24.8 Å². The second kappa shape index (κ2) is 9.42. The minimum absolute atomic E-state index is 0. The Morgan fingerprint density at radius 3 is 3.00 bits per heavy atom. The Kier molecular flexibility index (Phi) is 7.87. The zero-order valence-electron chi connectivity index (χ0n) is 12.1. The molecule has 1 aliphatic heterocycles. The normalized spacial score (nSPS) is 17.4. The quantitative estimate of drug-likeness (QED) is 0.793. The maximum atomic E-state index is 12.2. The van der Waals surface area contributed by atoms with E-state index in [1.807, 2.05) is 12.1 Å². The van der Waals surface area contributed by atoms with E-state index >= 15 is 0 Å². The van der Waals surface area contributed by atoms with Crippen molar-refractivity contribution in [3.63, 3.8) is 0 Å². The van der Waals surface area contributed by atoms with Gasteiger partial charge in [0.25, 0.3) is 5.91 Å². The van der Waals surface area contributed by atoms with E-state index in [1.165, 1.54) is 12.8 Å². The monoisotopic (exact) mass is 310 g/mol. The Hall–Kier alpha value is -1.52. The highest BCUT2D eigenvalue weighted by molar-refractivity contribution is 5.96. The van der Waals surface area contributed by atoms with Crippen molar-refractivity contribution in [1.29, 1.82) is 0 Å². The first-order valence-corrected chi connectivity index (χ1v) is 7.13. The maximum Gasteiger partial charge on any atom is 0.255 e. The molecule has 4 nitrogen and oxygen atoms in total. The van der Waals surface area contributed by atoms with Crippen LogP contribution in [0.15, 0.2) is 36.9 Å². The van der Waals surface area contributed by atoms with Gasteiger partial charge in [0.05, 0.1) is 5.56 Å². The number of halogens is 1. The van der Waals surface area contributed by atoms with Gasteiger partial charge in [0.2, 0.25) is 0 Å². The number of nitrogens with one attached hydrogen (secondary N) is 2. The Morgan fingerprint density at radius 2 is 2.29 bits per heavy atom. The van der Waals surface area contributed by atoms with E-state index in [0.717, 1.165) is 13.1 Å². The summed E-state index contributed by atoms with van der Waals surface area (Å²) >= 11 is 0. The van der Waals surface area contributed by atoms with E-state index in [-0.39, 0.29) is 18.3 Å². The van der Waals surface area contributed by atoms with Crippen molar-refractivity contribution < 1.29 is 9.53 Å². The van der Waals surface area contributed by atoms with Gasteiger partial charge in [-0.25, -0.2) is 0 Å². The molecule has 116 valence electrons. The Bertz CT molecular complexity index is 459. The minimum atomic E-state index is -0.0739. The van der Waals surface area contributed by atoms with Crippen LogP contribution in [0.4, 0.5) is 0 Å². The topological polar surface area (TPSA) is 50.4 Å². The van der Waals surface area contributed by atoms with Gasteiger partial charge in [-0.3, -0.25) is 4.79 Å². The van der Waals surface area contributed by atoms with Crippen LogP contribution in [0.5, 0.6) is 5.75 Å². The number of para-hydroxylation sites is 1. The first-order chi connectivity index (χ1) is 9.81. The van der Waals surface area contributed by atoms with Gasteiger partial charge in [-0.15, -0.1) is 12.4 Å². The molecule has 1 aromatic carbocycles. The predicted octanol–water partition coefficient (Wildman–Crippen LogP) is 2.40. The van der Waals surface area contributed by atoms with Crippen LogP contribution in [0, 0.1) is 5.92 Å². The summed E-state index contributed by atoms with van der Waals surface area (Å²) in [5.74, 6) is 1.05. The highest BCUT2D eigenvalue weighted by atomic mass is 35.5. The second-order valence-electron chi connectivity index (χ2n) is 5.02. The average molecular weight is 311 g/mol. The number of carbonyl (C=O) groups excluding carboxylic acids is 1. The lowest BCUT2D eigenvalue weighted by Crippen LogP contribution is -2.38. The molecule has 1 aromatic rings. The van der Waals surface area contributed by atoms with Crippen LogP contribution in [-0.4, -0.2) is 32.1 Å². The van der Waals surface area contributed by atoms with Crippen LogP contribution >= 0.6 is 12.4 Å². The van der Waals surface area contributed by atoms with Gasteiger partial charge in [-0.05, 0) is 44.0 Å². The van der Waals surface area contributed by atoms with Crippen LogP contribution in [0.25, 0.3) is 0 Å². The first kappa shape index (κ1) is 17.5. The summed E-state index contributed by atoms with van der Waals surface area (Å²) in [6.45, 7) is 6.79. The summed E-state index contributed by atoms with van der Waals surface area (Å²) in [4.78, 5) is 12.2. The van der Waals surface area contributed by atoms with Crippen molar-refractivity contribution in [3.8, 4) is 5.75 Å². The van der Waals surface area contributed by atoms with Crippen LogP contribution < -0.4 is 15.4 Å². The van der Waals surface area contributed by atoms with Crippen LogP contribution in [0.2, 0.25) is 0 Å². The Labute approximate surface area is 132 Å². The fraction of sp³-hybridized carbons (Fsp3) is 0.438.